The monoisotopic (exact) mass is 394 g/mol. The lowest BCUT2D eigenvalue weighted by Gasteiger charge is -2.10. The van der Waals surface area contributed by atoms with Crippen molar-refractivity contribution in [1.82, 2.24) is 20.1 Å². The highest BCUT2D eigenvalue weighted by molar-refractivity contribution is 7.99. The number of aromatic nitrogens is 3. The molecule has 0 bridgehead atoms. The molecule has 3 aromatic rings. The van der Waals surface area contributed by atoms with Crippen LogP contribution in [0.5, 0.6) is 0 Å². The number of amides is 1. The number of thioether (sulfide) groups is 1. The molecule has 0 spiro atoms. The average Bonchev–Trinajstić information content (AvgIpc) is 3.10. The van der Waals surface area contributed by atoms with E-state index in [-0.39, 0.29) is 17.4 Å². The van der Waals surface area contributed by atoms with Crippen molar-refractivity contribution in [2.45, 2.75) is 25.4 Å². The van der Waals surface area contributed by atoms with E-state index < -0.39 is 0 Å². The SMILES string of the molecule is CC(=O)NCCc1nnc(SCC(=O)c2ccc(C)cc2)n1-c1ccccc1. The van der Waals surface area contributed by atoms with Gasteiger partial charge in [-0.2, -0.15) is 0 Å². The van der Waals surface area contributed by atoms with Gasteiger partial charge in [0.2, 0.25) is 5.91 Å². The summed E-state index contributed by atoms with van der Waals surface area (Å²) in [6.07, 6.45) is 0.550. The summed E-state index contributed by atoms with van der Waals surface area (Å²) in [5, 5.41) is 12.0. The van der Waals surface area contributed by atoms with Crippen LogP contribution in [0.3, 0.4) is 0 Å². The maximum absolute atomic E-state index is 12.5. The number of hydrogen-bond acceptors (Lipinski definition) is 5. The zero-order chi connectivity index (χ0) is 19.9. The summed E-state index contributed by atoms with van der Waals surface area (Å²) >= 11 is 1.36. The van der Waals surface area contributed by atoms with Gasteiger partial charge >= 0.3 is 0 Å². The molecule has 28 heavy (non-hydrogen) atoms. The highest BCUT2D eigenvalue weighted by Crippen LogP contribution is 2.23. The molecule has 7 heteroatoms. The molecule has 0 saturated carbocycles. The van der Waals surface area contributed by atoms with E-state index in [1.54, 1.807) is 0 Å². The van der Waals surface area contributed by atoms with Crippen LogP contribution in [-0.2, 0) is 11.2 Å². The number of para-hydroxylation sites is 1. The fraction of sp³-hybridized carbons (Fsp3) is 0.238. The van der Waals surface area contributed by atoms with Crippen molar-refractivity contribution >= 4 is 23.5 Å². The Labute approximate surface area is 168 Å². The minimum Gasteiger partial charge on any atom is -0.356 e. The lowest BCUT2D eigenvalue weighted by molar-refractivity contribution is -0.118. The Morgan fingerprint density at radius 2 is 1.75 bits per heavy atom. The Morgan fingerprint density at radius 1 is 1.04 bits per heavy atom. The quantitative estimate of drug-likeness (QED) is 0.469. The van der Waals surface area contributed by atoms with Gasteiger partial charge in [0, 0.05) is 31.1 Å². The normalized spacial score (nSPS) is 10.6. The molecule has 1 heterocycles. The number of carbonyl (C=O) groups excluding carboxylic acids is 2. The van der Waals surface area contributed by atoms with Gasteiger partial charge in [0.05, 0.1) is 5.75 Å². The number of Topliss-reactive ketones (excluding diaryl/α,β-unsaturated/α-hetero) is 1. The number of ketones is 1. The molecule has 0 atom stereocenters. The first-order chi connectivity index (χ1) is 13.5. The molecule has 2 aromatic carbocycles. The first-order valence-corrected chi connectivity index (χ1v) is 10.00. The van der Waals surface area contributed by atoms with Gasteiger partial charge in [0.1, 0.15) is 5.82 Å². The first kappa shape index (κ1) is 19.8. The molecule has 0 saturated heterocycles. The van der Waals surface area contributed by atoms with Gasteiger partial charge in [-0.1, -0.05) is 59.8 Å². The minimum absolute atomic E-state index is 0.0485. The predicted molar refractivity (Wildman–Crippen MR) is 110 cm³/mol. The van der Waals surface area contributed by atoms with Crippen molar-refractivity contribution in [1.29, 1.82) is 0 Å². The molecule has 0 fully saturated rings. The van der Waals surface area contributed by atoms with Gasteiger partial charge in [-0.15, -0.1) is 10.2 Å². The third-order valence-electron chi connectivity index (χ3n) is 4.14. The number of carbonyl (C=O) groups is 2. The number of aryl methyl sites for hydroxylation is 1. The maximum atomic E-state index is 12.5. The van der Waals surface area contributed by atoms with Crippen LogP contribution < -0.4 is 5.32 Å². The molecular formula is C21H22N4O2S. The highest BCUT2D eigenvalue weighted by atomic mass is 32.2. The second kappa shape index (κ2) is 9.32. The van der Waals surface area contributed by atoms with Crippen molar-refractivity contribution in [3.05, 3.63) is 71.5 Å². The van der Waals surface area contributed by atoms with E-state index in [2.05, 4.69) is 15.5 Å². The summed E-state index contributed by atoms with van der Waals surface area (Å²) in [7, 11) is 0. The van der Waals surface area contributed by atoms with Gasteiger partial charge in [0.15, 0.2) is 10.9 Å². The van der Waals surface area contributed by atoms with Gasteiger partial charge < -0.3 is 5.32 Å². The second-order valence-electron chi connectivity index (χ2n) is 6.38. The zero-order valence-electron chi connectivity index (χ0n) is 15.9. The molecule has 1 aromatic heterocycles. The number of hydrogen-bond donors (Lipinski definition) is 1. The molecule has 0 radical (unpaired) electrons. The van der Waals surface area contributed by atoms with Gasteiger partial charge in [-0.25, -0.2) is 0 Å². The smallest absolute Gasteiger partial charge is 0.216 e. The third-order valence-corrected chi connectivity index (χ3v) is 5.07. The van der Waals surface area contributed by atoms with Crippen molar-refractivity contribution in [2.24, 2.45) is 0 Å². The minimum atomic E-state index is -0.0796. The predicted octanol–water partition coefficient (Wildman–Crippen LogP) is 3.23. The fourth-order valence-electron chi connectivity index (χ4n) is 2.70. The van der Waals surface area contributed by atoms with Crippen molar-refractivity contribution < 1.29 is 9.59 Å². The van der Waals surface area contributed by atoms with E-state index in [0.29, 0.717) is 23.7 Å². The van der Waals surface area contributed by atoms with Crippen molar-refractivity contribution in [2.75, 3.05) is 12.3 Å². The number of rotatable bonds is 8. The molecule has 0 aliphatic rings. The van der Waals surface area contributed by atoms with Crippen LogP contribution in [-0.4, -0.2) is 38.8 Å². The molecule has 0 unspecified atom stereocenters. The van der Waals surface area contributed by atoms with E-state index in [1.807, 2.05) is 66.1 Å². The van der Waals surface area contributed by atoms with E-state index in [1.165, 1.54) is 18.7 Å². The number of nitrogens with one attached hydrogen (secondary N) is 1. The van der Waals surface area contributed by atoms with Crippen molar-refractivity contribution in [3.63, 3.8) is 0 Å². The molecule has 6 nitrogen and oxygen atoms in total. The second-order valence-corrected chi connectivity index (χ2v) is 7.32. The average molecular weight is 395 g/mol. The van der Waals surface area contributed by atoms with Crippen LogP contribution in [0.25, 0.3) is 5.69 Å². The highest BCUT2D eigenvalue weighted by Gasteiger charge is 2.16. The lowest BCUT2D eigenvalue weighted by Crippen LogP contribution is -2.23. The van der Waals surface area contributed by atoms with Gasteiger partial charge in [-0.3, -0.25) is 14.2 Å². The first-order valence-electron chi connectivity index (χ1n) is 9.01. The Morgan fingerprint density at radius 3 is 2.43 bits per heavy atom. The molecule has 1 amide bonds. The summed E-state index contributed by atoms with van der Waals surface area (Å²) in [6.45, 7) is 3.96. The summed E-state index contributed by atoms with van der Waals surface area (Å²) < 4.78 is 1.94. The third kappa shape index (κ3) is 5.07. The molecular weight excluding hydrogens is 372 g/mol. The maximum Gasteiger partial charge on any atom is 0.216 e. The van der Waals surface area contributed by atoms with Crippen LogP contribution in [0.1, 0.15) is 28.7 Å². The summed E-state index contributed by atoms with van der Waals surface area (Å²) in [5.41, 5.74) is 2.74. The molecule has 0 aliphatic carbocycles. The van der Waals surface area contributed by atoms with Crippen LogP contribution in [0.15, 0.2) is 59.8 Å². The van der Waals surface area contributed by atoms with Gasteiger partial charge in [-0.05, 0) is 19.1 Å². The number of nitrogens with zero attached hydrogens (tertiary/aromatic N) is 3. The van der Waals surface area contributed by atoms with E-state index in [4.69, 9.17) is 0 Å². The standard InChI is InChI=1S/C21H22N4O2S/c1-15-8-10-17(11-9-15)19(27)14-28-21-24-23-20(12-13-22-16(2)26)25(21)18-6-4-3-5-7-18/h3-11H,12-14H2,1-2H3,(H,22,26). The Kier molecular flexibility index (Phi) is 6.60. The number of benzene rings is 2. The van der Waals surface area contributed by atoms with Crippen LogP contribution in [0.4, 0.5) is 0 Å². The summed E-state index contributed by atoms with van der Waals surface area (Å²) in [4.78, 5) is 23.6. The fourth-order valence-corrected chi connectivity index (χ4v) is 3.56. The van der Waals surface area contributed by atoms with Crippen LogP contribution in [0.2, 0.25) is 0 Å². The Balaban J connectivity index is 1.78. The largest absolute Gasteiger partial charge is 0.356 e. The zero-order valence-corrected chi connectivity index (χ0v) is 16.7. The molecule has 3 rings (SSSR count). The lowest BCUT2D eigenvalue weighted by atomic mass is 10.1. The topological polar surface area (TPSA) is 76.9 Å². The van der Waals surface area contributed by atoms with Gasteiger partial charge in [0.25, 0.3) is 0 Å². The van der Waals surface area contributed by atoms with E-state index in [0.717, 1.165) is 17.1 Å². The molecule has 1 N–H and O–H groups in total. The van der Waals surface area contributed by atoms with E-state index in [9.17, 15) is 9.59 Å². The Bertz CT molecular complexity index is 952. The van der Waals surface area contributed by atoms with Crippen LogP contribution >= 0.6 is 11.8 Å². The van der Waals surface area contributed by atoms with Crippen molar-refractivity contribution in [3.8, 4) is 5.69 Å². The Hall–Kier alpha value is -2.93. The molecule has 0 aliphatic heterocycles. The van der Waals surface area contributed by atoms with Crippen LogP contribution in [0, 0.1) is 6.92 Å². The van der Waals surface area contributed by atoms with E-state index >= 15 is 0 Å². The summed E-state index contributed by atoms with van der Waals surface area (Å²) in [5.74, 6) is 0.987. The molecule has 144 valence electrons. The summed E-state index contributed by atoms with van der Waals surface area (Å²) in [6, 6.07) is 17.3.